The number of nitrogens with zero attached hydrogens (tertiary/aromatic N) is 3. The Balaban J connectivity index is 1.96. The van der Waals surface area contributed by atoms with E-state index in [1.54, 1.807) is 10.9 Å². The Morgan fingerprint density at radius 2 is 2.22 bits per heavy atom. The van der Waals surface area contributed by atoms with E-state index in [9.17, 15) is 4.79 Å². The number of esters is 1. The molecule has 1 aliphatic rings. The van der Waals surface area contributed by atoms with Crippen LogP contribution in [0.1, 0.15) is 30.3 Å². The highest BCUT2D eigenvalue weighted by atomic mass is 16.5. The van der Waals surface area contributed by atoms with E-state index in [-0.39, 0.29) is 11.8 Å². The number of hydrogen-bond acceptors (Lipinski definition) is 5. The Kier molecular flexibility index (Phi) is 3.86. The lowest BCUT2D eigenvalue weighted by molar-refractivity contribution is 0.0133. The van der Waals surface area contributed by atoms with E-state index in [1.807, 2.05) is 6.92 Å². The molecule has 2 N–H and O–H groups in total. The fourth-order valence-corrected chi connectivity index (χ4v) is 2.07. The van der Waals surface area contributed by atoms with Gasteiger partial charge in [-0.25, -0.2) is 4.79 Å². The minimum absolute atomic E-state index is 0.0140. The summed E-state index contributed by atoms with van der Waals surface area (Å²) in [7, 11) is 2.07. The summed E-state index contributed by atoms with van der Waals surface area (Å²) in [5.74, 6) is -0.408. The zero-order valence-electron chi connectivity index (χ0n) is 10.9. The van der Waals surface area contributed by atoms with Gasteiger partial charge in [0.15, 0.2) is 5.69 Å². The second-order valence-corrected chi connectivity index (χ2v) is 4.70. The highest BCUT2D eigenvalue weighted by Crippen LogP contribution is 2.16. The first-order valence-electron chi connectivity index (χ1n) is 6.32. The second kappa shape index (κ2) is 5.39. The first kappa shape index (κ1) is 12.9. The van der Waals surface area contributed by atoms with Gasteiger partial charge in [0.1, 0.15) is 6.10 Å². The number of anilines is 1. The van der Waals surface area contributed by atoms with Gasteiger partial charge in [0.05, 0.1) is 5.69 Å². The van der Waals surface area contributed by atoms with E-state index in [1.165, 1.54) is 0 Å². The number of ether oxygens (including phenoxy) is 1. The van der Waals surface area contributed by atoms with Gasteiger partial charge in [0.25, 0.3) is 0 Å². The number of aromatic nitrogens is 2. The van der Waals surface area contributed by atoms with E-state index in [2.05, 4.69) is 17.0 Å². The maximum absolute atomic E-state index is 12.0. The van der Waals surface area contributed by atoms with Crippen LogP contribution in [0.25, 0.3) is 0 Å². The third-order valence-electron chi connectivity index (χ3n) is 3.25. The van der Waals surface area contributed by atoms with Gasteiger partial charge >= 0.3 is 5.97 Å². The van der Waals surface area contributed by atoms with Gasteiger partial charge in [0, 0.05) is 25.8 Å². The van der Waals surface area contributed by atoms with Gasteiger partial charge in [-0.05, 0) is 26.8 Å². The first-order chi connectivity index (χ1) is 8.60. The molecule has 0 amide bonds. The van der Waals surface area contributed by atoms with Crippen molar-refractivity contribution in [2.45, 2.75) is 32.4 Å². The van der Waals surface area contributed by atoms with Gasteiger partial charge in [0.2, 0.25) is 0 Å². The van der Waals surface area contributed by atoms with Crippen LogP contribution in [0, 0.1) is 0 Å². The molecule has 0 spiro atoms. The van der Waals surface area contributed by atoms with Crippen molar-refractivity contribution in [1.29, 1.82) is 0 Å². The quantitative estimate of drug-likeness (QED) is 0.803. The van der Waals surface area contributed by atoms with Crippen LogP contribution in [-0.2, 0) is 11.3 Å². The maximum atomic E-state index is 12.0. The Morgan fingerprint density at radius 3 is 2.78 bits per heavy atom. The molecule has 2 rings (SSSR count). The zero-order valence-corrected chi connectivity index (χ0v) is 10.9. The molecule has 2 heterocycles. The summed E-state index contributed by atoms with van der Waals surface area (Å²) in [5.41, 5.74) is 6.37. The summed E-state index contributed by atoms with van der Waals surface area (Å²) < 4.78 is 7.08. The summed E-state index contributed by atoms with van der Waals surface area (Å²) in [6.07, 6.45) is 3.39. The molecule has 0 aliphatic carbocycles. The molecule has 1 fully saturated rings. The standard InChI is InChI=1S/C12H20N4O2/c1-3-16-8-10(13)11(14-16)12(17)18-9-4-6-15(2)7-5-9/h8-9H,3-7,13H2,1-2H3. The predicted molar refractivity (Wildman–Crippen MR) is 68.2 cm³/mol. The monoisotopic (exact) mass is 252 g/mol. The molecule has 6 heteroatoms. The summed E-state index contributed by atoms with van der Waals surface area (Å²) in [4.78, 5) is 14.2. The van der Waals surface area contributed by atoms with Gasteiger partial charge in [-0.15, -0.1) is 0 Å². The Bertz CT molecular complexity index is 422. The van der Waals surface area contributed by atoms with Crippen LogP contribution in [0.4, 0.5) is 5.69 Å². The molecule has 0 radical (unpaired) electrons. The summed E-state index contributed by atoms with van der Waals surface area (Å²) >= 11 is 0. The van der Waals surface area contributed by atoms with Crippen LogP contribution in [0.3, 0.4) is 0 Å². The fourth-order valence-electron chi connectivity index (χ4n) is 2.07. The minimum Gasteiger partial charge on any atom is -0.457 e. The van der Waals surface area contributed by atoms with Crippen LogP contribution >= 0.6 is 0 Å². The smallest absolute Gasteiger partial charge is 0.361 e. The lowest BCUT2D eigenvalue weighted by Gasteiger charge is -2.28. The molecule has 0 unspecified atom stereocenters. The van der Waals surface area contributed by atoms with Crippen molar-refractivity contribution < 1.29 is 9.53 Å². The summed E-state index contributed by atoms with van der Waals surface area (Å²) in [5, 5.41) is 4.12. The zero-order chi connectivity index (χ0) is 13.1. The number of nitrogens with two attached hydrogens (primary N) is 1. The summed E-state index contributed by atoms with van der Waals surface area (Å²) in [6.45, 7) is 4.54. The molecule has 6 nitrogen and oxygen atoms in total. The van der Waals surface area contributed by atoms with E-state index in [0.717, 1.165) is 25.9 Å². The van der Waals surface area contributed by atoms with Gasteiger partial charge in [-0.1, -0.05) is 0 Å². The highest BCUT2D eigenvalue weighted by molar-refractivity contribution is 5.92. The third kappa shape index (κ3) is 2.81. The van der Waals surface area contributed by atoms with Crippen molar-refractivity contribution in [2.75, 3.05) is 25.9 Å². The van der Waals surface area contributed by atoms with E-state index in [4.69, 9.17) is 10.5 Å². The highest BCUT2D eigenvalue weighted by Gasteiger charge is 2.23. The minimum atomic E-state index is -0.408. The Labute approximate surface area is 107 Å². The molecule has 100 valence electrons. The third-order valence-corrected chi connectivity index (χ3v) is 3.25. The van der Waals surface area contributed by atoms with Crippen LogP contribution in [0.5, 0.6) is 0 Å². The number of piperidine rings is 1. The summed E-state index contributed by atoms with van der Waals surface area (Å²) in [6, 6.07) is 0. The normalized spacial score (nSPS) is 17.9. The molecule has 1 saturated heterocycles. The van der Waals surface area contributed by atoms with Crippen molar-refractivity contribution in [3.63, 3.8) is 0 Å². The topological polar surface area (TPSA) is 73.4 Å². The first-order valence-corrected chi connectivity index (χ1v) is 6.32. The van der Waals surface area contributed by atoms with Gasteiger partial charge in [-0.2, -0.15) is 5.10 Å². The molecule has 0 aromatic carbocycles. The van der Waals surface area contributed by atoms with Crippen LogP contribution in [0.15, 0.2) is 6.20 Å². The number of carbonyl (C=O) groups excluding carboxylic acids is 1. The molecule has 0 bridgehead atoms. The number of likely N-dealkylation sites (tertiary alicyclic amines) is 1. The number of hydrogen-bond donors (Lipinski definition) is 1. The molecular weight excluding hydrogens is 232 g/mol. The van der Waals surface area contributed by atoms with Crippen molar-refractivity contribution >= 4 is 11.7 Å². The van der Waals surface area contributed by atoms with E-state index >= 15 is 0 Å². The van der Waals surface area contributed by atoms with E-state index < -0.39 is 5.97 Å². The Hall–Kier alpha value is -1.56. The maximum Gasteiger partial charge on any atom is 0.361 e. The van der Waals surface area contributed by atoms with Crippen molar-refractivity contribution in [1.82, 2.24) is 14.7 Å². The van der Waals surface area contributed by atoms with Gasteiger partial charge in [-0.3, -0.25) is 4.68 Å². The van der Waals surface area contributed by atoms with Gasteiger partial charge < -0.3 is 15.4 Å². The number of aryl methyl sites for hydroxylation is 1. The number of nitrogen functional groups attached to an aromatic ring is 1. The number of carbonyl (C=O) groups is 1. The van der Waals surface area contributed by atoms with Crippen LogP contribution in [-0.4, -0.2) is 46.9 Å². The second-order valence-electron chi connectivity index (χ2n) is 4.70. The predicted octanol–water partition coefficient (Wildman–Crippen LogP) is 0.736. The fraction of sp³-hybridized carbons (Fsp3) is 0.667. The van der Waals surface area contributed by atoms with Crippen LogP contribution < -0.4 is 5.73 Å². The Morgan fingerprint density at radius 1 is 1.56 bits per heavy atom. The molecule has 1 aliphatic heterocycles. The van der Waals surface area contributed by atoms with Crippen molar-refractivity contribution in [2.24, 2.45) is 0 Å². The average molecular weight is 252 g/mol. The molecule has 1 aromatic rings. The SMILES string of the molecule is CCn1cc(N)c(C(=O)OC2CCN(C)CC2)n1. The lowest BCUT2D eigenvalue weighted by Crippen LogP contribution is -2.35. The molecule has 0 atom stereocenters. The van der Waals surface area contributed by atoms with Crippen LogP contribution in [0.2, 0.25) is 0 Å². The molecule has 0 saturated carbocycles. The van der Waals surface area contributed by atoms with E-state index in [0.29, 0.717) is 12.2 Å². The van der Waals surface area contributed by atoms with Crippen molar-refractivity contribution in [3.8, 4) is 0 Å². The molecule has 18 heavy (non-hydrogen) atoms. The molecular formula is C12H20N4O2. The number of rotatable bonds is 3. The average Bonchev–Trinajstić information content (AvgIpc) is 2.73. The molecule has 1 aromatic heterocycles. The largest absolute Gasteiger partial charge is 0.457 e. The van der Waals surface area contributed by atoms with Crippen molar-refractivity contribution in [3.05, 3.63) is 11.9 Å². The lowest BCUT2D eigenvalue weighted by atomic mass is 10.1.